The van der Waals surface area contributed by atoms with E-state index in [1.165, 1.54) is 32.6 Å². The second-order valence-electron chi connectivity index (χ2n) is 6.15. The Morgan fingerprint density at radius 2 is 1.59 bits per heavy atom. The van der Waals surface area contributed by atoms with Gasteiger partial charge in [0.1, 0.15) is 0 Å². The molecule has 0 aliphatic carbocycles. The van der Waals surface area contributed by atoms with Gasteiger partial charge in [-0.1, -0.05) is 45.4 Å². The molecule has 1 N–H and O–H groups in total. The third-order valence-electron chi connectivity index (χ3n) is 3.73. The van der Waals surface area contributed by atoms with Crippen LogP contribution in [0.3, 0.4) is 0 Å². The summed E-state index contributed by atoms with van der Waals surface area (Å²) >= 11 is 0. The van der Waals surface area contributed by atoms with Crippen molar-refractivity contribution in [3.63, 3.8) is 0 Å². The Morgan fingerprint density at radius 1 is 0.955 bits per heavy atom. The van der Waals surface area contributed by atoms with Crippen molar-refractivity contribution in [3.8, 4) is 0 Å². The number of nitrogens with one attached hydrogen (secondary N) is 1. The quantitative estimate of drug-likeness (QED) is 0.383. The van der Waals surface area contributed by atoms with Crippen LogP contribution >= 0.6 is 0 Å². The van der Waals surface area contributed by atoms with Crippen molar-refractivity contribution in [1.29, 1.82) is 0 Å². The van der Waals surface area contributed by atoms with E-state index >= 15 is 0 Å². The summed E-state index contributed by atoms with van der Waals surface area (Å²) < 4.78 is 5.42. The molecular weight excluding hydrogens is 278 g/mol. The first kappa shape index (κ1) is 20.9. The first-order valence-electron chi connectivity index (χ1n) is 9.00. The molecule has 0 aliphatic rings. The van der Waals surface area contributed by atoms with Gasteiger partial charge in [0, 0.05) is 19.9 Å². The summed E-state index contributed by atoms with van der Waals surface area (Å²) in [7, 11) is 0. The molecule has 0 aromatic carbocycles. The Balaban J connectivity index is 3.38. The van der Waals surface area contributed by atoms with E-state index in [9.17, 15) is 9.59 Å². The second-order valence-corrected chi connectivity index (χ2v) is 6.15. The molecule has 4 heteroatoms. The Kier molecular flexibility index (Phi) is 14.1. The molecule has 0 aliphatic heterocycles. The largest absolute Gasteiger partial charge is 0.463 e. The molecule has 0 bridgehead atoms. The Bertz CT molecular complexity index is 292. The number of hydrogen-bond acceptors (Lipinski definition) is 3. The maximum absolute atomic E-state index is 11.7. The maximum Gasteiger partial charge on any atom is 0.306 e. The third-order valence-corrected chi connectivity index (χ3v) is 3.73. The standard InChI is InChI=1S/C18H35NO3/c1-4-5-6-7-10-13-16(2)22-18(21)14-11-8-9-12-15-19-17(3)20/h16H,4-15H2,1-3H3,(H,19,20). The molecule has 22 heavy (non-hydrogen) atoms. The van der Waals surface area contributed by atoms with E-state index in [1.807, 2.05) is 6.92 Å². The summed E-state index contributed by atoms with van der Waals surface area (Å²) in [6.45, 7) is 6.46. The summed E-state index contributed by atoms with van der Waals surface area (Å²) in [6.07, 6.45) is 11.7. The van der Waals surface area contributed by atoms with Gasteiger partial charge >= 0.3 is 5.97 Å². The van der Waals surface area contributed by atoms with E-state index in [2.05, 4.69) is 12.2 Å². The van der Waals surface area contributed by atoms with Crippen LogP contribution in [0, 0.1) is 0 Å². The zero-order valence-electron chi connectivity index (χ0n) is 14.8. The summed E-state index contributed by atoms with van der Waals surface area (Å²) in [5.74, 6) is -0.0461. The first-order valence-corrected chi connectivity index (χ1v) is 9.00. The molecule has 0 rings (SSSR count). The fourth-order valence-corrected chi connectivity index (χ4v) is 2.39. The van der Waals surface area contributed by atoms with Gasteiger partial charge in [-0.05, 0) is 32.6 Å². The van der Waals surface area contributed by atoms with Gasteiger partial charge in [-0.2, -0.15) is 0 Å². The lowest BCUT2D eigenvalue weighted by atomic mass is 10.1. The summed E-state index contributed by atoms with van der Waals surface area (Å²) in [4.78, 5) is 22.4. The average molecular weight is 313 g/mol. The number of unbranched alkanes of at least 4 members (excludes halogenated alkanes) is 7. The minimum atomic E-state index is -0.0667. The molecular formula is C18H35NO3. The number of carbonyl (C=O) groups excluding carboxylic acids is 2. The number of esters is 1. The number of hydrogen-bond donors (Lipinski definition) is 1. The Morgan fingerprint density at radius 3 is 2.27 bits per heavy atom. The Hall–Kier alpha value is -1.06. The fourth-order valence-electron chi connectivity index (χ4n) is 2.39. The highest BCUT2D eigenvalue weighted by molar-refractivity contribution is 5.72. The minimum absolute atomic E-state index is 0.0206. The van der Waals surface area contributed by atoms with Crippen LogP contribution in [0.1, 0.15) is 91.4 Å². The predicted molar refractivity (Wildman–Crippen MR) is 90.7 cm³/mol. The van der Waals surface area contributed by atoms with Crippen LogP contribution in [0.4, 0.5) is 0 Å². The lowest BCUT2D eigenvalue weighted by molar-refractivity contribution is -0.148. The molecule has 0 spiro atoms. The van der Waals surface area contributed by atoms with Crippen LogP contribution in [-0.4, -0.2) is 24.5 Å². The molecule has 4 nitrogen and oxygen atoms in total. The smallest absolute Gasteiger partial charge is 0.306 e. The molecule has 0 heterocycles. The lowest BCUT2D eigenvalue weighted by Crippen LogP contribution is -2.20. The molecule has 1 amide bonds. The fraction of sp³-hybridized carbons (Fsp3) is 0.889. The first-order chi connectivity index (χ1) is 10.6. The van der Waals surface area contributed by atoms with E-state index < -0.39 is 0 Å². The van der Waals surface area contributed by atoms with Gasteiger partial charge in [-0.25, -0.2) is 0 Å². The van der Waals surface area contributed by atoms with Gasteiger partial charge in [-0.15, -0.1) is 0 Å². The molecule has 1 atom stereocenters. The molecule has 0 saturated heterocycles. The van der Waals surface area contributed by atoms with Crippen LogP contribution in [0.2, 0.25) is 0 Å². The zero-order chi connectivity index (χ0) is 16.6. The van der Waals surface area contributed by atoms with Crippen molar-refractivity contribution in [2.75, 3.05) is 6.54 Å². The highest BCUT2D eigenvalue weighted by Crippen LogP contribution is 2.11. The van der Waals surface area contributed by atoms with Crippen molar-refractivity contribution < 1.29 is 14.3 Å². The predicted octanol–water partition coefficient (Wildman–Crippen LogP) is 4.37. The van der Waals surface area contributed by atoms with Crippen molar-refractivity contribution in [2.45, 2.75) is 97.5 Å². The van der Waals surface area contributed by atoms with E-state index in [4.69, 9.17) is 4.74 Å². The van der Waals surface area contributed by atoms with Crippen molar-refractivity contribution in [1.82, 2.24) is 5.32 Å². The van der Waals surface area contributed by atoms with Crippen LogP contribution in [0.5, 0.6) is 0 Å². The molecule has 0 saturated carbocycles. The van der Waals surface area contributed by atoms with Gasteiger partial charge in [0.15, 0.2) is 0 Å². The molecule has 0 aromatic rings. The van der Waals surface area contributed by atoms with Crippen molar-refractivity contribution in [2.24, 2.45) is 0 Å². The van der Waals surface area contributed by atoms with Crippen LogP contribution in [0.25, 0.3) is 0 Å². The second kappa shape index (κ2) is 14.9. The van der Waals surface area contributed by atoms with Gasteiger partial charge in [0.25, 0.3) is 0 Å². The third kappa shape index (κ3) is 15.3. The highest BCUT2D eigenvalue weighted by atomic mass is 16.5. The van der Waals surface area contributed by atoms with E-state index in [1.54, 1.807) is 0 Å². The number of rotatable bonds is 14. The van der Waals surface area contributed by atoms with Crippen LogP contribution in [0.15, 0.2) is 0 Å². The molecule has 0 radical (unpaired) electrons. The average Bonchev–Trinajstić information content (AvgIpc) is 2.45. The normalized spacial score (nSPS) is 12.0. The van der Waals surface area contributed by atoms with Gasteiger partial charge < -0.3 is 10.1 Å². The number of amides is 1. The van der Waals surface area contributed by atoms with Gasteiger partial charge in [-0.3, -0.25) is 9.59 Å². The summed E-state index contributed by atoms with van der Waals surface area (Å²) in [5.41, 5.74) is 0. The molecule has 130 valence electrons. The topological polar surface area (TPSA) is 55.4 Å². The van der Waals surface area contributed by atoms with E-state index in [0.717, 1.165) is 45.1 Å². The number of carbonyl (C=O) groups is 2. The van der Waals surface area contributed by atoms with Gasteiger partial charge in [0.2, 0.25) is 5.91 Å². The monoisotopic (exact) mass is 313 g/mol. The van der Waals surface area contributed by atoms with Gasteiger partial charge in [0.05, 0.1) is 6.10 Å². The number of ether oxygens (including phenoxy) is 1. The van der Waals surface area contributed by atoms with E-state index in [-0.39, 0.29) is 18.0 Å². The zero-order valence-corrected chi connectivity index (χ0v) is 14.8. The lowest BCUT2D eigenvalue weighted by Gasteiger charge is -2.13. The van der Waals surface area contributed by atoms with Crippen molar-refractivity contribution in [3.05, 3.63) is 0 Å². The van der Waals surface area contributed by atoms with E-state index in [0.29, 0.717) is 6.42 Å². The van der Waals surface area contributed by atoms with Crippen molar-refractivity contribution >= 4 is 11.9 Å². The molecule has 0 fully saturated rings. The van der Waals surface area contributed by atoms with Crippen LogP contribution < -0.4 is 5.32 Å². The maximum atomic E-state index is 11.7. The highest BCUT2D eigenvalue weighted by Gasteiger charge is 2.08. The minimum Gasteiger partial charge on any atom is -0.463 e. The molecule has 0 aromatic heterocycles. The van der Waals surface area contributed by atoms with Crippen LogP contribution in [-0.2, 0) is 14.3 Å². The SMILES string of the molecule is CCCCCCCC(C)OC(=O)CCCCCCNC(C)=O. The summed E-state index contributed by atoms with van der Waals surface area (Å²) in [6, 6.07) is 0. The summed E-state index contributed by atoms with van der Waals surface area (Å²) in [5, 5.41) is 2.77. The Labute approximate surface area is 136 Å². The molecule has 1 unspecified atom stereocenters.